The lowest BCUT2D eigenvalue weighted by molar-refractivity contribution is 0.590. The van der Waals surface area contributed by atoms with Crippen LogP contribution in [0.2, 0.25) is 0 Å². The second-order valence-corrected chi connectivity index (χ2v) is 4.11. The predicted molar refractivity (Wildman–Crippen MR) is 75.1 cm³/mol. The van der Waals surface area contributed by atoms with Gasteiger partial charge in [0.2, 0.25) is 5.95 Å². The molecule has 0 radical (unpaired) electrons. The molecule has 0 unspecified atom stereocenters. The number of benzene rings is 1. The lowest BCUT2D eigenvalue weighted by Crippen LogP contribution is -2.07. The van der Waals surface area contributed by atoms with Crippen LogP contribution in [0.1, 0.15) is 5.69 Å². The van der Waals surface area contributed by atoms with Crippen molar-refractivity contribution in [2.24, 2.45) is 0 Å². The third kappa shape index (κ3) is 3.28. The number of halogens is 2. The first-order valence-electron chi connectivity index (χ1n) is 6.01. The van der Waals surface area contributed by atoms with E-state index in [1.807, 2.05) is 0 Å². The van der Waals surface area contributed by atoms with E-state index in [1.165, 1.54) is 18.2 Å². The molecule has 0 saturated heterocycles. The summed E-state index contributed by atoms with van der Waals surface area (Å²) in [5.74, 6) is -0.680. The molecule has 0 amide bonds. The summed E-state index contributed by atoms with van der Waals surface area (Å²) < 4.78 is 27.1. The monoisotopic (exact) mass is 276 g/mol. The molecule has 0 aliphatic heterocycles. The molecular formula is C14H14F2N4. The van der Waals surface area contributed by atoms with Crippen molar-refractivity contribution in [3.63, 3.8) is 0 Å². The predicted octanol–water partition coefficient (Wildman–Crippen LogP) is 3.40. The number of hydrogen-bond donors (Lipinski definition) is 2. The molecule has 1 aromatic heterocycles. The van der Waals surface area contributed by atoms with Crippen molar-refractivity contribution < 1.29 is 8.78 Å². The van der Waals surface area contributed by atoms with E-state index in [4.69, 9.17) is 0 Å². The van der Waals surface area contributed by atoms with Crippen LogP contribution in [0.4, 0.5) is 26.2 Å². The van der Waals surface area contributed by atoms with Gasteiger partial charge in [0.05, 0.1) is 0 Å². The molecular weight excluding hydrogens is 262 g/mol. The van der Waals surface area contributed by atoms with E-state index in [2.05, 4.69) is 27.2 Å². The van der Waals surface area contributed by atoms with E-state index >= 15 is 0 Å². The first-order chi connectivity index (χ1) is 9.60. The third-order valence-corrected chi connectivity index (χ3v) is 2.47. The molecule has 6 heteroatoms. The average Bonchev–Trinajstić information content (AvgIpc) is 2.40. The Balaban J connectivity index is 2.29. The van der Waals surface area contributed by atoms with Crippen molar-refractivity contribution in [1.29, 1.82) is 0 Å². The first-order valence-corrected chi connectivity index (χ1v) is 6.01. The summed E-state index contributed by atoms with van der Waals surface area (Å²) in [6, 6.07) is 5.26. The number of aryl methyl sites for hydroxylation is 1. The van der Waals surface area contributed by atoms with Gasteiger partial charge in [-0.3, -0.25) is 0 Å². The van der Waals surface area contributed by atoms with Crippen molar-refractivity contribution in [3.8, 4) is 0 Å². The van der Waals surface area contributed by atoms with E-state index in [0.29, 0.717) is 24.0 Å². The molecule has 0 bridgehead atoms. The van der Waals surface area contributed by atoms with Gasteiger partial charge in [-0.1, -0.05) is 12.1 Å². The molecule has 0 aliphatic rings. The molecule has 20 heavy (non-hydrogen) atoms. The Kier molecular flexibility index (Phi) is 4.24. The summed E-state index contributed by atoms with van der Waals surface area (Å²) in [5, 5.41) is 5.55. The Labute approximate surface area is 115 Å². The van der Waals surface area contributed by atoms with Gasteiger partial charge in [0.15, 0.2) is 0 Å². The maximum absolute atomic E-state index is 13.6. The number of nitrogens with zero attached hydrogens (tertiary/aromatic N) is 2. The Morgan fingerprint density at radius 3 is 2.60 bits per heavy atom. The fraction of sp³-hybridized carbons (Fsp3) is 0.143. The van der Waals surface area contributed by atoms with Crippen LogP contribution in [-0.2, 0) is 0 Å². The van der Waals surface area contributed by atoms with Crippen LogP contribution in [-0.4, -0.2) is 16.5 Å². The van der Waals surface area contributed by atoms with Crippen molar-refractivity contribution in [3.05, 3.63) is 54.2 Å². The quantitative estimate of drug-likeness (QED) is 0.822. The number of para-hydroxylation sites is 1. The maximum Gasteiger partial charge on any atom is 0.225 e. The molecule has 1 heterocycles. The molecule has 0 saturated carbocycles. The number of anilines is 3. The summed E-state index contributed by atoms with van der Waals surface area (Å²) >= 11 is 0. The fourth-order valence-corrected chi connectivity index (χ4v) is 1.62. The average molecular weight is 276 g/mol. The molecule has 2 rings (SSSR count). The zero-order chi connectivity index (χ0) is 14.5. The van der Waals surface area contributed by atoms with Crippen LogP contribution in [0.3, 0.4) is 0 Å². The van der Waals surface area contributed by atoms with E-state index in [-0.39, 0.29) is 5.69 Å². The van der Waals surface area contributed by atoms with Crippen LogP contribution >= 0.6 is 0 Å². The number of rotatable bonds is 5. The smallest absolute Gasteiger partial charge is 0.225 e. The van der Waals surface area contributed by atoms with Crippen LogP contribution < -0.4 is 10.6 Å². The highest BCUT2D eigenvalue weighted by Gasteiger charge is 2.10. The van der Waals surface area contributed by atoms with Crippen molar-refractivity contribution >= 4 is 17.5 Å². The van der Waals surface area contributed by atoms with E-state index < -0.39 is 11.6 Å². The minimum atomic E-state index is -0.679. The Morgan fingerprint density at radius 2 is 1.95 bits per heavy atom. The molecule has 0 atom stereocenters. The lowest BCUT2D eigenvalue weighted by atomic mass is 10.3. The Morgan fingerprint density at radius 1 is 1.25 bits per heavy atom. The molecule has 4 nitrogen and oxygen atoms in total. The van der Waals surface area contributed by atoms with Gasteiger partial charge in [-0.25, -0.2) is 13.8 Å². The highest BCUT2D eigenvalue weighted by atomic mass is 19.1. The lowest BCUT2D eigenvalue weighted by Gasteiger charge is -2.10. The normalized spacial score (nSPS) is 10.2. The van der Waals surface area contributed by atoms with Crippen molar-refractivity contribution in [2.45, 2.75) is 6.92 Å². The summed E-state index contributed by atoms with van der Waals surface area (Å²) in [6.07, 6.45) is 1.66. The second-order valence-electron chi connectivity index (χ2n) is 4.11. The van der Waals surface area contributed by atoms with Crippen LogP contribution in [0.25, 0.3) is 0 Å². The van der Waals surface area contributed by atoms with Crippen LogP contribution in [0, 0.1) is 18.6 Å². The van der Waals surface area contributed by atoms with Gasteiger partial charge in [0.1, 0.15) is 23.1 Å². The fourth-order valence-electron chi connectivity index (χ4n) is 1.62. The van der Waals surface area contributed by atoms with E-state index in [9.17, 15) is 8.78 Å². The topological polar surface area (TPSA) is 49.8 Å². The summed E-state index contributed by atoms with van der Waals surface area (Å²) in [6.45, 7) is 5.84. The van der Waals surface area contributed by atoms with Gasteiger partial charge in [-0.05, 0) is 19.1 Å². The van der Waals surface area contributed by atoms with Gasteiger partial charge < -0.3 is 10.6 Å². The Bertz CT molecular complexity index is 608. The number of aromatic nitrogens is 2. The van der Waals surface area contributed by atoms with E-state index in [0.717, 1.165) is 0 Å². The SMILES string of the molecule is C=CCNc1nc(C)cc(Nc2c(F)cccc2F)n1. The minimum absolute atomic E-state index is 0.236. The maximum atomic E-state index is 13.6. The highest BCUT2D eigenvalue weighted by Crippen LogP contribution is 2.22. The summed E-state index contributed by atoms with van der Waals surface area (Å²) in [7, 11) is 0. The number of hydrogen-bond acceptors (Lipinski definition) is 4. The van der Waals surface area contributed by atoms with E-state index in [1.54, 1.807) is 19.1 Å². The third-order valence-electron chi connectivity index (χ3n) is 2.47. The van der Waals surface area contributed by atoms with Gasteiger partial charge in [0, 0.05) is 18.3 Å². The largest absolute Gasteiger partial charge is 0.351 e. The van der Waals surface area contributed by atoms with Crippen LogP contribution in [0.5, 0.6) is 0 Å². The van der Waals surface area contributed by atoms with Gasteiger partial charge in [0.25, 0.3) is 0 Å². The van der Waals surface area contributed by atoms with Gasteiger partial charge in [-0.2, -0.15) is 4.98 Å². The molecule has 104 valence electrons. The molecule has 2 N–H and O–H groups in total. The first kappa shape index (κ1) is 13.9. The minimum Gasteiger partial charge on any atom is -0.351 e. The van der Waals surface area contributed by atoms with Crippen LogP contribution in [0.15, 0.2) is 36.9 Å². The molecule has 0 aliphatic carbocycles. The highest BCUT2D eigenvalue weighted by molar-refractivity contribution is 5.58. The molecule has 2 aromatic rings. The summed E-state index contributed by atoms with van der Waals surface area (Å²) in [4.78, 5) is 8.29. The second kappa shape index (κ2) is 6.10. The molecule has 0 spiro atoms. The molecule has 0 fully saturated rings. The van der Waals surface area contributed by atoms with Gasteiger partial charge in [-0.15, -0.1) is 6.58 Å². The zero-order valence-corrected chi connectivity index (χ0v) is 11.0. The van der Waals surface area contributed by atoms with Crippen molar-refractivity contribution in [2.75, 3.05) is 17.2 Å². The Hall–Kier alpha value is -2.50. The standard InChI is InChI=1S/C14H14F2N4/c1-3-7-17-14-18-9(2)8-12(20-14)19-13-10(15)5-4-6-11(13)16/h3-6,8H,1,7H2,2H3,(H2,17,18,19,20). The molecule has 1 aromatic carbocycles. The van der Waals surface area contributed by atoms with Crippen molar-refractivity contribution in [1.82, 2.24) is 9.97 Å². The number of nitrogens with one attached hydrogen (secondary N) is 2. The zero-order valence-electron chi connectivity index (χ0n) is 11.0. The van der Waals surface area contributed by atoms with Gasteiger partial charge >= 0.3 is 0 Å². The summed E-state index contributed by atoms with van der Waals surface area (Å²) in [5.41, 5.74) is 0.436.